The number of nitrogens with zero attached hydrogens (tertiary/aromatic N) is 2. The molecule has 0 amide bonds. The van der Waals surface area contributed by atoms with E-state index in [9.17, 15) is 0 Å². The lowest BCUT2D eigenvalue weighted by atomic mass is 10.1. The predicted molar refractivity (Wildman–Crippen MR) is 90.9 cm³/mol. The number of ether oxygens (including phenoxy) is 2. The average molecular weight is 325 g/mol. The Kier molecular flexibility index (Phi) is 4.71. The molecule has 0 radical (unpaired) electrons. The monoisotopic (exact) mass is 325 g/mol. The molecular formula is C19H23N3O2. The van der Waals surface area contributed by atoms with E-state index in [1.54, 1.807) is 18.6 Å². The summed E-state index contributed by atoms with van der Waals surface area (Å²) < 4.78 is 11.7. The molecule has 0 spiro atoms. The molecule has 0 unspecified atom stereocenters. The minimum absolute atomic E-state index is 0.504. The highest BCUT2D eigenvalue weighted by Gasteiger charge is 2.38. The van der Waals surface area contributed by atoms with Crippen LogP contribution in [0.5, 0.6) is 5.75 Å². The molecule has 1 saturated carbocycles. The van der Waals surface area contributed by atoms with Gasteiger partial charge in [-0.3, -0.25) is 9.97 Å². The van der Waals surface area contributed by atoms with E-state index in [-0.39, 0.29) is 0 Å². The van der Waals surface area contributed by atoms with Crippen LogP contribution in [0, 0.1) is 5.92 Å². The number of aromatic nitrogens is 2. The number of pyridine rings is 2. The third kappa shape index (κ3) is 3.91. The van der Waals surface area contributed by atoms with Gasteiger partial charge in [0.15, 0.2) is 0 Å². The number of rotatable bonds is 8. The molecule has 1 N–H and O–H groups in total. The molecule has 3 heterocycles. The first-order valence-electron chi connectivity index (χ1n) is 8.66. The zero-order chi connectivity index (χ0) is 16.2. The molecule has 2 aromatic heterocycles. The summed E-state index contributed by atoms with van der Waals surface area (Å²) in [6, 6.07) is 6.63. The highest BCUT2D eigenvalue weighted by molar-refractivity contribution is 5.30. The van der Waals surface area contributed by atoms with Gasteiger partial charge in [0.1, 0.15) is 12.4 Å². The van der Waals surface area contributed by atoms with Gasteiger partial charge in [-0.25, -0.2) is 0 Å². The lowest BCUT2D eigenvalue weighted by molar-refractivity contribution is 0.110. The fourth-order valence-corrected chi connectivity index (χ4v) is 3.05. The number of hydrogen-bond donors (Lipinski definition) is 1. The SMILES string of the molecule is c1cc(COC[C@H]2C[C@@H]2c2cncc(OC[C@@H]3CCN3)c2)ccn1. The van der Waals surface area contributed by atoms with Gasteiger partial charge in [-0.2, -0.15) is 0 Å². The normalized spacial score (nSPS) is 25.1. The molecule has 3 atom stereocenters. The van der Waals surface area contributed by atoms with Gasteiger partial charge >= 0.3 is 0 Å². The van der Waals surface area contributed by atoms with Crippen molar-refractivity contribution in [2.45, 2.75) is 31.4 Å². The molecular weight excluding hydrogens is 302 g/mol. The Morgan fingerprint density at radius 3 is 2.79 bits per heavy atom. The molecule has 1 aliphatic heterocycles. The van der Waals surface area contributed by atoms with Crippen molar-refractivity contribution in [2.75, 3.05) is 19.8 Å². The van der Waals surface area contributed by atoms with Crippen LogP contribution in [0.2, 0.25) is 0 Å². The zero-order valence-corrected chi connectivity index (χ0v) is 13.7. The van der Waals surface area contributed by atoms with Crippen LogP contribution in [0.3, 0.4) is 0 Å². The minimum Gasteiger partial charge on any atom is -0.490 e. The summed E-state index contributed by atoms with van der Waals surface area (Å²) in [6.07, 6.45) is 9.74. The second-order valence-electron chi connectivity index (χ2n) is 6.68. The summed E-state index contributed by atoms with van der Waals surface area (Å²) in [6.45, 7) is 3.29. The van der Waals surface area contributed by atoms with Crippen molar-refractivity contribution in [3.8, 4) is 5.75 Å². The van der Waals surface area contributed by atoms with E-state index < -0.39 is 0 Å². The maximum atomic E-state index is 5.84. The van der Waals surface area contributed by atoms with Gasteiger partial charge in [-0.15, -0.1) is 0 Å². The van der Waals surface area contributed by atoms with E-state index in [0.717, 1.165) is 25.5 Å². The van der Waals surface area contributed by atoms with Gasteiger partial charge in [0, 0.05) is 24.6 Å². The van der Waals surface area contributed by atoms with Gasteiger partial charge in [0.05, 0.1) is 19.4 Å². The lowest BCUT2D eigenvalue weighted by Gasteiger charge is -2.27. The number of hydrogen-bond acceptors (Lipinski definition) is 5. The smallest absolute Gasteiger partial charge is 0.137 e. The van der Waals surface area contributed by atoms with Gasteiger partial charge in [-0.1, -0.05) is 0 Å². The Labute approximate surface area is 142 Å². The van der Waals surface area contributed by atoms with Crippen LogP contribution in [0.25, 0.3) is 0 Å². The Morgan fingerprint density at radius 1 is 1.12 bits per heavy atom. The molecule has 24 heavy (non-hydrogen) atoms. The second kappa shape index (κ2) is 7.28. The van der Waals surface area contributed by atoms with Crippen molar-refractivity contribution >= 4 is 0 Å². The Bertz CT molecular complexity index is 661. The van der Waals surface area contributed by atoms with Crippen LogP contribution in [0.4, 0.5) is 0 Å². The molecule has 5 heteroatoms. The van der Waals surface area contributed by atoms with Crippen molar-refractivity contribution < 1.29 is 9.47 Å². The first-order chi connectivity index (χ1) is 11.9. The van der Waals surface area contributed by atoms with Crippen LogP contribution >= 0.6 is 0 Å². The van der Waals surface area contributed by atoms with E-state index >= 15 is 0 Å². The minimum atomic E-state index is 0.504. The highest BCUT2D eigenvalue weighted by Crippen LogP contribution is 2.47. The first-order valence-corrected chi connectivity index (χ1v) is 8.66. The van der Waals surface area contributed by atoms with Crippen molar-refractivity contribution in [1.29, 1.82) is 0 Å². The van der Waals surface area contributed by atoms with Crippen molar-refractivity contribution in [3.63, 3.8) is 0 Å². The van der Waals surface area contributed by atoms with Crippen LogP contribution in [-0.2, 0) is 11.3 Å². The van der Waals surface area contributed by atoms with E-state index in [2.05, 4.69) is 21.4 Å². The van der Waals surface area contributed by atoms with E-state index in [4.69, 9.17) is 9.47 Å². The molecule has 2 aliphatic rings. The maximum Gasteiger partial charge on any atom is 0.137 e. The summed E-state index contributed by atoms with van der Waals surface area (Å²) >= 11 is 0. The molecule has 5 nitrogen and oxygen atoms in total. The highest BCUT2D eigenvalue weighted by atomic mass is 16.5. The molecule has 2 fully saturated rings. The van der Waals surface area contributed by atoms with E-state index in [1.807, 2.05) is 18.3 Å². The Hall–Kier alpha value is -1.98. The van der Waals surface area contributed by atoms with Crippen molar-refractivity contribution in [1.82, 2.24) is 15.3 Å². The third-order valence-corrected chi connectivity index (χ3v) is 4.81. The summed E-state index contributed by atoms with van der Waals surface area (Å²) in [5.41, 5.74) is 2.44. The summed E-state index contributed by atoms with van der Waals surface area (Å²) in [5, 5.41) is 3.34. The predicted octanol–water partition coefficient (Wildman–Crippen LogP) is 2.54. The van der Waals surface area contributed by atoms with Gasteiger partial charge in [0.25, 0.3) is 0 Å². The standard InChI is InChI=1S/C19H23N3O2/c1-4-20-5-2-14(1)11-23-12-16-8-19(16)15-7-18(10-21-9-15)24-13-17-3-6-22-17/h1-2,4-5,7,9-10,16-17,19,22H,3,6,8,11-13H2/t16-,17+,19-/m1/s1. The third-order valence-electron chi connectivity index (χ3n) is 4.81. The van der Waals surface area contributed by atoms with Crippen LogP contribution in [-0.4, -0.2) is 35.8 Å². The molecule has 4 rings (SSSR count). The summed E-state index contributed by atoms with van der Waals surface area (Å²) in [4.78, 5) is 8.35. The number of nitrogens with one attached hydrogen (secondary N) is 1. The van der Waals surface area contributed by atoms with Gasteiger partial charge in [0.2, 0.25) is 0 Å². The molecule has 0 bridgehead atoms. The Balaban J connectivity index is 1.23. The van der Waals surface area contributed by atoms with Crippen LogP contribution in [0.15, 0.2) is 43.0 Å². The summed E-state index contributed by atoms with van der Waals surface area (Å²) in [7, 11) is 0. The molecule has 1 aliphatic carbocycles. The summed E-state index contributed by atoms with van der Waals surface area (Å²) in [5.74, 6) is 2.03. The zero-order valence-electron chi connectivity index (χ0n) is 13.7. The molecule has 1 saturated heterocycles. The van der Waals surface area contributed by atoms with Crippen molar-refractivity contribution in [3.05, 3.63) is 54.1 Å². The quantitative estimate of drug-likeness (QED) is 0.808. The van der Waals surface area contributed by atoms with Crippen LogP contribution in [0.1, 0.15) is 29.9 Å². The van der Waals surface area contributed by atoms with E-state index in [0.29, 0.717) is 24.5 Å². The largest absolute Gasteiger partial charge is 0.490 e. The topological polar surface area (TPSA) is 56.3 Å². The average Bonchev–Trinajstić information content (AvgIpc) is 3.34. The maximum absolute atomic E-state index is 5.84. The van der Waals surface area contributed by atoms with Gasteiger partial charge in [-0.05, 0) is 60.5 Å². The molecule has 2 aromatic rings. The van der Waals surface area contributed by atoms with E-state index in [1.165, 1.54) is 24.0 Å². The second-order valence-corrected chi connectivity index (χ2v) is 6.68. The molecule has 0 aromatic carbocycles. The molecule has 126 valence electrons. The lowest BCUT2D eigenvalue weighted by Crippen LogP contribution is -2.46. The van der Waals surface area contributed by atoms with Gasteiger partial charge < -0.3 is 14.8 Å². The first kappa shape index (κ1) is 15.5. The fraction of sp³-hybridized carbons (Fsp3) is 0.474. The van der Waals surface area contributed by atoms with Crippen LogP contribution < -0.4 is 10.1 Å². The fourth-order valence-electron chi connectivity index (χ4n) is 3.05. The Morgan fingerprint density at radius 2 is 2.00 bits per heavy atom. The van der Waals surface area contributed by atoms with Crippen molar-refractivity contribution in [2.24, 2.45) is 5.92 Å².